The molecule has 0 saturated carbocycles. The molecule has 0 unspecified atom stereocenters. The number of methoxy groups -OCH3 is 1. The standard InChI is InChI=1S/C17H12FN5O2/c1-24-16-6-13-15(7-14(16)18)20-9-21-17(13)25-12-4-2-11(3-5-12)23-10-19-8-22-23/h2-10H,1H3. The van der Waals surface area contributed by atoms with Gasteiger partial charge in [0.05, 0.1) is 23.7 Å². The Morgan fingerprint density at radius 1 is 1.04 bits per heavy atom. The van der Waals surface area contributed by atoms with Gasteiger partial charge in [-0.05, 0) is 30.3 Å². The van der Waals surface area contributed by atoms with Crippen molar-refractivity contribution in [2.45, 2.75) is 0 Å². The van der Waals surface area contributed by atoms with E-state index in [4.69, 9.17) is 9.47 Å². The van der Waals surface area contributed by atoms with Gasteiger partial charge in [-0.2, -0.15) is 5.10 Å². The molecule has 0 aliphatic carbocycles. The summed E-state index contributed by atoms with van der Waals surface area (Å²) in [6, 6.07) is 10.1. The molecule has 0 atom stereocenters. The quantitative estimate of drug-likeness (QED) is 0.569. The molecule has 8 heteroatoms. The van der Waals surface area contributed by atoms with Gasteiger partial charge in [-0.1, -0.05) is 0 Å². The van der Waals surface area contributed by atoms with Gasteiger partial charge in [0.1, 0.15) is 24.7 Å². The van der Waals surface area contributed by atoms with Crippen LogP contribution in [-0.2, 0) is 0 Å². The van der Waals surface area contributed by atoms with E-state index in [1.165, 1.54) is 31.9 Å². The van der Waals surface area contributed by atoms with Gasteiger partial charge in [0, 0.05) is 6.07 Å². The van der Waals surface area contributed by atoms with E-state index in [9.17, 15) is 4.39 Å². The fraction of sp³-hybridized carbons (Fsp3) is 0.0588. The van der Waals surface area contributed by atoms with E-state index < -0.39 is 5.82 Å². The van der Waals surface area contributed by atoms with Crippen molar-refractivity contribution in [1.82, 2.24) is 24.7 Å². The van der Waals surface area contributed by atoms with Gasteiger partial charge in [0.25, 0.3) is 0 Å². The van der Waals surface area contributed by atoms with Crippen LogP contribution in [0, 0.1) is 5.82 Å². The average Bonchev–Trinajstić information content (AvgIpc) is 3.17. The lowest BCUT2D eigenvalue weighted by atomic mass is 10.2. The molecule has 2 heterocycles. The second-order valence-electron chi connectivity index (χ2n) is 5.12. The summed E-state index contributed by atoms with van der Waals surface area (Å²) in [4.78, 5) is 12.1. The molecule has 25 heavy (non-hydrogen) atoms. The first-order valence-electron chi connectivity index (χ1n) is 7.36. The number of nitrogens with zero attached hydrogens (tertiary/aromatic N) is 5. The molecule has 0 aliphatic heterocycles. The first-order chi connectivity index (χ1) is 12.2. The summed E-state index contributed by atoms with van der Waals surface area (Å²) in [5, 5.41) is 4.62. The number of ether oxygens (including phenoxy) is 2. The highest BCUT2D eigenvalue weighted by Crippen LogP contribution is 2.31. The Morgan fingerprint density at radius 3 is 2.60 bits per heavy atom. The molecule has 2 aromatic carbocycles. The minimum Gasteiger partial charge on any atom is -0.494 e. The van der Waals surface area contributed by atoms with E-state index in [0.717, 1.165) is 5.69 Å². The van der Waals surface area contributed by atoms with Crippen LogP contribution in [0.2, 0.25) is 0 Å². The molecular weight excluding hydrogens is 325 g/mol. The van der Waals surface area contributed by atoms with Gasteiger partial charge in [-0.15, -0.1) is 0 Å². The zero-order valence-electron chi connectivity index (χ0n) is 13.1. The molecule has 2 aromatic heterocycles. The Kier molecular flexibility index (Phi) is 3.70. The summed E-state index contributed by atoms with van der Waals surface area (Å²) in [7, 11) is 1.40. The highest BCUT2D eigenvalue weighted by Gasteiger charge is 2.12. The van der Waals surface area contributed by atoms with Crippen molar-refractivity contribution in [2.75, 3.05) is 7.11 Å². The molecule has 0 saturated heterocycles. The SMILES string of the molecule is COc1cc2c(Oc3ccc(-n4cncn4)cc3)ncnc2cc1F. The minimum absolute atomic E-state index is 0.105. The van der Waals surface area contributed by atoms with Crippen molar-refractivity contribution in [3.8, 4) is 23.1 Å². The van der Waals surface area contributed by atoms with Gasteiger partial charge < -0.3 is 9.47 Å². The minimum atomic E-state index is -0.489. The number of fused-ring (bicyclic) bond motifs is 1. The van der Waals surface area contributed by atoms with Crippen LogP contribution in [0.15, 0.2) is 55.4 Å². The monoisotopic (exact) mass is 337 g/mol. The van der Waals surface area contributed by atoms with Crippen LogP contribution in [0.1, 0.15) is 0 Å². The Balaban J connectivity index is 1.68. The van der Waals surface area contributed by atoms with Gasteiger partial charge in [-0.25, -0.2) is 24.0 Å². The van der Waals surface area contributed by atoms with Crippen molar-refractivity contribution >= 4 is 10.9 Å². The molecule has 0 amide bonds. The van der Waals surface area contributed by atoms with E-state index in [0.29, 0.717) is 22.5 Å². The fourth-order valence-electron chi connectivity index (χ4n) is 2.39. The number of hydrogen-bond acceptors (Lipinski definition) is 6. The molecule has 4 rings (SSSR count). The molecule has 0 N–H and O–H groups in total. The van der Waals surface area contributed by atoms with Crippen molar-refractivity contribution < 1.29 is 13.9 Å². The summed E-state index contributed by atoms with van der Waals surface area (Å²) in [6.07, 6.45) is 4.39. The van der Waals surface area contributed by atoms with Crippen LogP contribution in [0.4, 0.5) is 4.39 Å². The maximum atomic E-state index is 13.8. The van der Waals surface area contributed by atoms with Crippen LogP contribution in [0.3, 0.4) is 0 Å². The van der Waals surface area contributed by atoms with E-state index in [1.54, 1.807) is 23.1 Å². The van der Waals surface area contributed by atoms with Crippen LogP contribution in [0.25, 0.3) is 16.6 Å². The summed E-state index contributed by atoms with van der Waals surface area (Å²) >= 11 is 0. The van der Waals surface area contributed by atoms with E-state index in [-0.39, 0.29) is 5.75 Å². The van der Waals surface area contributed by atoms with E-state index in [1.807, 2.05) is 12.1 Å². The van der Waals surface area contributed by atoms with Crippen molar-refractivity contribution in [1.29, 1.82) is 0 Å². The molecule has 124 valence electrons. The van der Waals surface area contributed by atoms with E-state index >= 15 is 0 Å². The number of rotatable bonds is 4. The summed E-state index contributed by atoms with van der Waals surface area (Å²) in [5.74, 6) is 0.509. The number of benzene rings is 2. The number of halogens is 1. The normalized spacial score (nSPS) is 10.8. The summed E-state index contributed by atoms with van der Waals surface area (Å²) in [6.45, 7) is 0. The zero-order chi connectivity index (χ0) is 17.2. The average molecular weight is 337 g/mol. The maximum absolute atomic E-state index is 13.8. The highest BCUT2D eigenvalue weighted by atomic mass is 19.1. The molecule has 4 aromatic rings. The van der Waals surface area contributed by atoms with Gasteiger partial charge in [0.2, 0.25) is 5.88 Å². The first kappa shape index (κ1) is 15.0. The topological polar surface area (TPSA) is 75.0 Å². The van der Waals surface area contributed by atoms with Crippen molar-refractivity contribution in [2.24, 2.45) is 0 Å². The third-order valence-electron chi connectivity index (χ3n) is 3.61. The molecular formula is C17H12FN5O2. The summed E-state index contributed by atoms with van der Waals surface area (Å²) in [5.41, 5.74) is 1.28. The van der Waals surface area contributed by atoms with Crippen molar-refractivity contribution in [3.05, 3.63) is 61.2 Å². The Hall–Kier alpha value is -3.55. The predicted octanol–water partition coefficient (Wildman–Crippen LogP) is 3.15. The van der Waals surface area contributed by atoms with Crippen LogP contribution in [0.5, 0.6) is 17.4 Å². The van der Waals surface area contributed by atoms with Gasteiger partial charge >= 0.3 is 0 Å². The van der Waals surface area contributed by atoms with Gasteiger partial charge in [0.15, 0.2) is 11.6 Å². The molecule has 0 aliphatic rings. The second kappa shape index (κ2) is 6.16. The molecule has 0 spiro atoms. The fourth-order valence-corrected chi connectivity index (χ4v) is 2.39. The molecule has 0 radical (unpaired) electrons. The van der Waals surface area contributed by atoms with Crippen molar-refractivity contribution in [3.63, 3.8) is 0 Å². The van der Waals surface area contributed by atoms with Crippen LogP contribution < -0.4 is 9.47 Å². The molecule has 7 nitrogen and oxygen atoms in total. The smallest absolute Gasteiger partial charge is 0.230 e. The van der Waals surface area contributed by atoms with Crippen LogP contribution >= 0.6 is 0 Å². The lowest BCUT2D eigenvalue weighted by Gasteiger charge is -2.09. The van der Waals surface area contributed by atoms with Gasteiger partial charge in [-0.3, -0.25) is 0 Å². The highest BCUT2D eigenvalue weighted by molar-refractivity contribution is 5.85. The maximum Gasteiger partial charge on any atom is 0.230 e. The molecule has 0 fully saturated rings. The largest absolute Gasteiger partial charge is 0.494 e. The number of aromatic nitrogens is 5. The lowest BCUT2D eigenvalue weighted by molar-refractivity contribution is 0.387. The Morgan fingerprint density at radius 2 is 1.88 bits per heavy atom. The zero-order valence-corrected chi connectivity index (χ0v) is 13.1. The lowest BCUT2D eigenvalue weighted by Crippen LogP contribution is -1.96. The second-order valence-corrected chi connectivity index (χ2v) is 5.12. The summed E-state index contributed by atoms with van der Waals surface area (Å²) < 4.78 is 26.3. The number of hydrogen-bond donors (Lipinski definition) is 0. The first-order valence-corrected chi connectivity index (χ1v) is 7.36. The predicted molar refractivity (Wildman–Crippen MR) is 87.5 cm³/mol. The molecule has 0 bridgehead atoms. The Bertz CT molecular complexity index is 1020. The third kappa shape index (κ3) is 2.85. The van der Waals surface area contributed by atoms with Crippen LogP contribution in [-0.4, -0.2) is 31.8 Å². The van der Waals surface area contributed by atoms with E-state index in [2.05, 4.69) is 20.1 Å². The third-order valence-corrected chi connectivity index (χ3v) is 3.61. The Labute approximate surface area is 141 Å².